The van der Waals surface area contributed by atoms with E-state index in [2.05, 4.69) is 0 Å². The number of aliphatic hydroxyl groups excluding tert-OH is 1. The summed E-state index contributed by atoms with van der Waals surface area (Å²) in [7, 11) is 3.22. The number of fused-ring (bicyclic) bond motifs is 1. The van der Waals surface area contributed by atoms with Gasteiger partial charge in [-0.2, -0.15) is 0 Å². The lowest BCUT2D eigenvalue weighted by molar-refractivity contribution is -0.161. The fraction of sp³-hybridized carbons (Fsp3) is 0.444. The monoisotopic (exact) mass is 374 g/mol. The summed E-state index contributed by atoms with van der Waals surface area (Å²) in [4.78, 5) is 38.9. The molecule has 27 heavy (non-hydrogen) atoms. The van der Waals surface area contributed by atoms with Crippen LogP contribution in [-0.2, 0) is 16.0 Å². The molecule has 9 heteroatoms. The van der Waals surface area contributed by atoms with Crippen LogP contribution in [0.2, 0.25) is 0 Å². The molecule has 3 rings (SSSR count). The molecule has 2 amide bonds. The van der Waals surface area contributed by atoms with Crippen molar-refractivity contribution in [3.63, 3.8) is 0 Å². The largest absolute Gasteiger partial charge is 0.477 e. The number of aromatic nitrogens is 1. The highest BCUT2D eigenvalue weighted by atomic mass is 16.4. The Balaban J connectivity index is 1.92. The van der Waals surface area contributed by atoms with Gasteiger partial charge in [-0.3, -0.25) is 15.0 Å². The Hall–Kier alpha value is -2.94. The summed E-state index contributed by atoms with van der Waals surface area (Å²) in [5.41, 5.74) is 1.53. The highest BCUT2D eigenvalue weighted by Crippen LogP contribution is 2.44. The van der Waals surface area contributed by atoms with Crippen LogP contribution in [0.25, 0.3) is 0 Å². The van der Waals surface area contributed by atoms with Crippen molar-refractivity contribution >= 4 is 24.1 Å². The highest BCUT2D eigenvalue weighted by molar-refractivity contribution is 6.00. The number of carboxylic acids is 1. The SMILES string of the molecule is C[C@@H](O)[C@H]1C(=O)N2C(C(=O)O)=C(Cc3cc(C(=O)N(C)C)n(C=N)c3)C[C@H]12. The molecule has 9 nitrogen and oxygen atoms in total. The van der Waals surface area contributed by atoms with Gasteiger partial charge in [0.25, 0.3) is 5.91 Å². The predicted octanol–water partition coefficient (Wildman–Crippen LogP) is 0.138. The molecule has 0 unspecified atom stereocenters. The normalized spacial score (nSPS) is 22.4. The first-order valence-electron chi connectivity index (χ1n) is 8.56. The molecule has 1 saturated heterocycles. The van der Waals surface area contributed by atoms with Gasteiger partial charge in [0.05, 0.1) is 24.4 Å². The third-order valence-corrected chi connectivity index (χ3v) is 5.11. The molecule has 0 saturated carbocycles. The van der Waals surface area contributed by atoms with Gasteiger partial charge in [-0.15, -0.1) is 0 Å². The molecule has 1 aromatic rings. The van der Waals surface area contributed by atoms with Crippen LogP contribution >= 0.6 is 0 Å². The number of hydrogen-bond acceptors (Lipinski definition) is 5. The molecule has 144 valence electrons. The van der Waals surface area contributed by atoms with Crippen LogP contribution in [0.5, 0.6) is 0 Å². The third kappa shape index (κ3) is 2.93. The van der Waals surface area contributed by atoms with E-state index in [0.29, 0.717) is 23.3 Å². The number of nitrogens with zero attached hydrogens (tertiary/aromatic N) is 3. The summed E-state index contributed by atoms with van der Waals surface area (Å²) in [6, 6.07) is 1.29. The highest BCUT2D eigenvalue weighted by Gasteiger charge is 2.56. The molecule has 3 N–H and O–H groups in total. The van der Waals surface area contributed by atoms with Crippen LogP contribution in [0.4, 0.5) is 0 Å². The molecule has 0 aliphatic carbocycles. The number of rotatable bonds is 6. The number of nitrogens with one attached hydrogen (secondary N) is 1. The van der Waals surface area contributed by atoms with Gasteiger partial charge in [0.1, 0.15) is 11.4 Å². The van der Waals surface area contributed by atoms with Crippen LogP contribution in [0.3, 0.4) is 0 Å². The number of carbonyl (C=O) groups excluding carboxylic acids is 2. The number of carboxylic acid groups (broad SMARTS) is 1. The van der Waals surface area contributed by atoms with E-state index in [1.807, 2.05) is 0 Å². The van der Waals surface area contributed by atoms with Gasteiger partial charge < -0.3 is 24.6 Å². The van der Waals surface area contributed by atoms with E-state index in [4.69, 9.17) is 5.41 Å². The van der Waals surface area contributed by atoms with Gasteiger partial charge in [0.2, 0.25) is 5.91 Å². The van der Waals surface area contributed by atoms with Crippen molar-refractivity contribution < 1.29 is 24.6 Å². The Morgan fingerprint density at radius 1 is 1.44 bits per heavy atom. The molecule has 1 fully saturated rings. The average molecular weight is 374 g/mol. The maximum atomic E-state index is 12.3. The molecule has 1 aromatic heterocycles. The van der Waals surface area contributed by atoms with Crippen molar-refractivity contribution in [2.24, 2.45) is 5.92 Å². The van der Waals surface area contributed by atoms with Crippen molar-refractivity contribution in [1.29, 1.82) is 5.41 Å². The van der Waals surface area contributed by atoms with E-state index in [9.17, 15) is 24.6 Å². The molecule has 0 radical (unpaired) electrons. The fourth-order valence-corrected chi connectivity index (χ4v) is 3.91. The second-order valence-corrected chi connectivity index (χ2v) is 7.15. The van der Waals surface area contributed by atoms with Crippen LogP contribution in [0.1, 0.15) is 29.4 Å². The topological polar surface area (TPSA) is 127 Å². The number of aliphatic carboxylic acids is 1. The van der Waals surface area contributed by atoms with Crippen LogP contribution < -0.4 is 0 Å². The van der Waals surface area contributed by atoms with Crippen LogP contribution in [0.15, 0.2) is 23.5 Å². The van der Waals surface area contributed by atoms with E-state index in [1.54, 1.807) is 26.4 Å². The Labute approximate surface area is 156 Å². The lowest BCUT2D eigenvalue weighted by Gasteiger charge is -2.44. The quantitative estimate of drug-likeness (QED) is 0.371. The second-order valence-electron chi connectivity index (χ2n) is 7.15. The van der Waals surface area contributed by atoms with Crippen molar-refractivity contribution in [1.82, 2.24) is 14.4 Å². The summed E-state index contributed by atoms with van der Waals surface area (Å²) in [5.74, 6) is -2.41. The summed E-state index contributed by atoms with van der Waals surface area (Å²) in [6.07, 6.45) is 2.41. The zero-order chi connectivity index (χ0) is 20.0. The number of amides is 2. The second kappa shape index (κ2) is 6.66. The minimum Gasteiger partial charge on any atom is -0.477 e. The Morgan fingerprint density at radius 2 is 2.11 bits per heavy atom. The summed E-state index contributed by atoms with van der Waals surface area (Å²) < 4.78 is 1.38. The molecule has 0 spiro atoms. The molecule has 3 heterocycles. The maximum absolute atomic E-state index is 12.3. The van der Waals surface area contributed by atoms with E-state index in [-0.39, 0.29) is 30.0 Å². The lowest BCUT2D eigenvalue weighted by atomic mass is 9.82. The fourth-order valence-electron chi connectivity index (χ4n) is 3.91. The van der Waals surface area contributed by atoms with Crippen molar-refractivity contribution in [3.8, 4) is 0 Å². The molecular formula is C18H22N4O5. The number of β-lactam (4-membered cyclic amide) rings is 1. The van der Waals surface area contributed by atoms with E-state index < -0.39 is 18.0 Å². The Morgan fingerprint density at radius 3 is 2.63 bits per heavy atom. The predicted molar refractivity (Wildman–Crippen MR) is 95.4 cm³/mol. The van der Waals surface area contributed by atoms with Gasteiger partial charge in [-0.1, -0.05) is 0 Å². The standard InChI is InChI=1S/C18H22N4O5/c1-9(23)14-12-6-11(15(18(26)27)22(12)17(14)25)4-10-5-13(16(24)20(2)3)21(7-10)8-19/h5,7-9,12,14,19,23H,4,6H2,1-3H3,(H,26,27)/t9-,12-,14-/m1/s1. The van der Waals surface area contributed by atoms with Gasteiger partial charge in [-0.25, -0.2) is 4.79 Å². The molecule has 0 bridgehead atoms. The summed E-state index contributed by atoms with van der Waals surface area (Å²) in [6.45, 7) is 1.53. The van der Waals surface area contributed by atoms with Gasteiger partial charge in [0.15, 0.2) is 0 Å². The minimum atomic E-state index is -1.18. The van der Waals surface area contributed by atoms with Crippen molar-refractivity contribution in [3.05, 3.63) is 34.8 Å². The zero-order valence-corrected chi connectivity index (χ0v) is 15.3. The Bertz CT molecular complexity index is 867. The lowest BCUT2D eigenvalue weighted by Crippen LogP contribution is -2.61. The van der Waals surface area contributed by atoms with Gasteiger partial charge >= 0.3 is 5.97 Å². The molecule has 0 aromatic carbocycles. The molecule has 3 atom stereocenters. The van der Waals surface area contributed by atoms with Crippen molar-refractivity contribution in [2.45, 2.75) is 31.9 Å². The first-order valence-corrected chi connectivity index (χ1v) is 8.56. The smallest absolute Gasteiger partial charge is 0.352 e. The third-order valence-electron chi connectivity index (χ3n) is 5.11. The van der Waals surface area contributed by atoms with Gasteiger partial charge in [-0.05, 0) is 37.0 Å². The Kier molecular flexibility index (Phi) is 4.64. The van der Waals surface area contributed by atoms with Crippen molar-refractivity contribution in [2.75, 3.05) is 14.1 Å². The average Bonchev–Trinajstić information content (AvgIpc) is 3.13. The summed E-state index contributed by atoms with van der Waals surface area (Å²) >= 11 is 0. The maximum Gasteiger partial charge on any atom is 0.352 e. The first kappa shape index (κ1) is 18.8. The van der Waals surface area contributed by atoms with Crippen LogP contribution in [-0.4, -0.2) is 74.9 Å². The van der Waals surface area contributed by atoms with E-state index in [0.717, 1.165) is 6.34 Å². The first-order chi connectivity index (χ1) is 12.7. The van der Waals surface area contributed by atoms with E-state index >= 15 is 0 Å². The molecule has 2 aliphatic heterocycles. The van der Waals surface area contributed by atoms with Gasteiger partial charge in [0, 0.05) is 20.3 Å². The number of aliphatic hydroxyl groups is 1. The number of hydrogen-bond donors (Lipinski definition) is 3. The summed E-state index contributed by atoms with van der Waals surface area (Å²) in [5, 5.41) is 26.8. The minimum absolute atomic E-state index is 0.0370. The molecular weight excluding hydrogens is 352 g/mol. The number of carbonyl (C=O) groups is 3. The zero-order valence-electron chi connectivity index (χ0n) is 15.3. The van der Waals surface area contributed by atoms with Crippen LogP contribution in [0, 0.1) is 11.3 Å². The molecule has 2 aliphatic rings. The van der Waals surface area contributed by atoms with E-state index in [1.165, 1.54) is 21.3 Å².